The van der Waals surface area contributed by atoms with Gasteiger partial charge >= 0.3 is 5.97 Å². The number of hydrogen-bond donors (Lipinski definition) is 2. The summed E-state index contributed by atoms with van der Waals surface area (Å²) in [7, 11) is 1.88. The molecular formula is C16H20FN3O2S. The molecule has 23 heavy (non-hydrogen) atoms. The van der Waals surface area contributed by atoms with E-state index in [0.29, 0.717) is 10.7 Å². The molecule has 5 nitrogen and oxygen atoms in total. The van der Waals surface area contributed by atoms with Crippen LogP contribution >= 0.6 is 11.3 Å². The Kier molecular flexibility index (Phi) is 6.06. The number of likely N-dealkylation sites (N-methyl/N-ethyl adjacent to an activating group) is 1. The van der Waals surface area contributed by atoms with Crippen molar-refractivity contribution in [3.05, 3.63) is 35.0 Å². The molecule has 124 valence electrons. The predicted molar refractivity (Wildman–Crippen MR) is 90.9 cm³/mol. The molecule has 0 spiro atoms. The Balaban J connectivity index is 2.26. The molecule has 0 unspecified atom stereocenters. The Morgan fingerprint density at radius 2 is 2.04 bits per heavy atom. The first-order valence-electron chi connectivity index (χ1n) is 7.46. The summed E-state index contributed by atoms with van der Waals surface area (Å²) in [4.78, 5) is 17.4. The van der Waals surface area contributed by atoms with Crippen LogP contribution in [0.25, 0.3) is 11.3 Å². The topological polar surface area (TPSA) is 65.5 Å². The lowest BCUT2D eigenvalue weighted by molar-refractivity contribution is 0.0697. The van der Waals surface area contributed by atoms with E-state index in [1.54, 1.807) is 12.1 Å². The normalized spacial score (nSPS) is 10.7. The highest BCUT2D eigenvalue weighted by molar-refractivity contribution is 7.14. The number of aromatic carboxylic acids is 1. The lowest BCUT2D eigenvalue weighted by atomic mass is 10.1. The lowest BCUT2D eigenvalue weighted by Crippen LogP contribution is -2.31. The zero-order valence-electron chi connectivity index (χ0n) is 13.2. The molecule has 1 aromatic heterocycles. The van der Waals surface area contributed by atoms with E-state index in [9.17, 15) is 9.18 Å². The van der Waals surface area contributed by atoms with Crippen LogP contribution in [0.2, 0.25) is 0 Å². The number of aromatic nitrogens is 1. The minimum Gasteiger partial charge on any atom is -0.478 e. The summed E-state index contributed by atoms with van der Waals surface area (Å²) in [6.45, 7) is 4.44. The van der Waals surface area contributed by atoms with Gasteiger partial charge in [-0.2, -0.15) is 4.39 Å². The third kappa shape index (κ3) is 4.27. The van der Waals surface area contributed by atoms with Crippen molar-refractivity contribution in [3.63, 3.8) is 0 Å². The number of hydrogen-bond acceptors (Lipinski definition) is 5. The lowest BCUT2D eigenvalue weighted by Gasteiger charge is -2.20. The molecule has 0 fully saturated rings. The van der Waals surface area contributed by atoms with Crippen LogP contribution in [0.4, 0.5) is 9.52 Å². The molecule has 0 amide bonds. The fourth-order valence-electron chi connectivity index (χ4n) is 2.19. The molecule has 1 heterocycles. The number of carboxylic acids is 1. The number of rotatable bonds is 8. The second-order valence-corrected chi connectivity index (χ2v) is 6.02. The Hall–Kier alpha value is -1.99. The Labute approximate surface area is 138 Å². The quantitative estimate of drug-likeness (QED) is 0.775. The van der Waals surface area contributed by atoms with Gasteiger partial charge in [-0.3, -0.25) is 0 Å². The maximum absolute atomic E-state index is 14.3. The second kappa shape index (κ2) is 8.03. The fraction of sp³-hybridized carbons (Fsp3) is 0.375. The number of nitrogens with zero attached hydrogens (tertiary/aromatic N) is 2. The highest BCUT2D eigenvalue weighted by Crippen LogP contribution is 2.31. The van der Waals surface area contributed by atoms with E-state index in [0.717, 1.165) is 37.4 Å². The van der Waals surface area contributed by atoms with Gasteiger partial charge in [0.2, 0.25) is 5.13 Å². The standard InChI is InChI=1S/C16H20FN3O2S/c1-3-9-20(10-8-18-2)16-19-13(14(17)23-16)11-4-6-12(7-5-11)15(21)22/h4-7,18H,3,8-10H2,1-2H3,(H,21,22). The van der Waals surface area contributed by atoms with Crippen molar-refractivity contribution in [1.82, 2.24) is 10.3 Å². The van der Waals surface area contributed by atoms with Crippen molar-refractivity contribution in [1.29, 1.82) is 0 Å². The third-order valence-corrected chi connectivity index (χ3v) is 4.28. The van der Waals surface area contributed by atoms with E-state index in [1.807, 2.05) is 7.05 Å². The molecule has 1 aromatic carbocycles. The van der Waals surface area contributed by atoms with E-state index >= 15 is 0 Å². The van der Waals surface area contributed by atoms with Crippen molar-refractivity contribution in [2.24, 2.45) is 0 Å². The van der Waals surface area contributed by atoms with Crippen molar-refractivity contribution in [3.8, 4) is 11.3 Å². The second-order valence-electron chi connectivity index (χ2n) is 5.09. The number of carboxylic acid groups (broad SMARTS) is 1. The van der Waals surface area contributed by atoms with Gasteiger partial charge < -0.3 is 15.3 Å². The van der Waals surface area contributed by atoms with Gasteiger partial charge in [-0.15, -0.1) is 0 Å². The minimum atomic E-state index is -1.00. The predicted octanol–water partition coefficient (Wildman–Crippen LogP) is 3.08. The van der Waals surface area contributed by atoms with Crippen LogP contribution in [-0.2, 0) is 0 Å². The van der Waals surface area contributed by atoms with Gasteiger partial charge in [-0.1, -0.05) is 30.4 Å². The monoisotopic (exact) mass is 337 g/mol. The van der Waals surface area contributed by atoms with E-state index in [2.05, 4.69) is 22.1 Å². The zero-order chi connectivity index (χ0) is 16.8. The Morgan fingerprint density at radius 1 is 1.35 bits per heavy atom. The van der Waals surface area contributed by atoms with Crippen molar-refractivity contribution in [2.45, 2.75) is 13.3 Å². The zero-order valence-corrected chi connectivity index (χ0v) is 14.0. The highest BCUT2D eigenvalue weighted by atomic mass is 32.1. The van der Waals surface area contributed by atoms with Crippen LogP contribution in [-0.4, -0.2) is 42.7 Å². The average molecular weight is 337 g/mol. The molecule has 0 bridgehead atoms. The summed E-state index contributed by atoms with van der Waals surface area (Å²) in [6.07, 6.45) is 0.952. The van der Waals surface area contributed by atoms with Gasteiger partial charge in [-0.05, 0) is 25.6 Å². The van der Waals surface area contributed by atoms with Gasteiger partial charge in [-0.25, -0.2) is 9.78 Å². The molecule has 0 aliphatic rings. The van der Waals surface area contributed by atoms with Crippen molar-refractivity contribution >= 4 is 22.4 Å². The number of carbonyl (C=O) groups is 1. The minimum absolute atomic E-state index is 0.172. The smallest absolute Gasteiger partial charge is 0.335 e. The summed E-state index contributed by atoms with van der Waals surface area (Å²) in [5.41, 5.74) is 1.03. The summed E-state index contributed by atoms with van der Waals surface area (Å²) < 4.78 is 14.3. The summed E-state index contributed by atoms with van der Waals surface area (Å²) in [5, 5.41) is 12.3. The SMILES string of the molecule is CCCN(CCNC)c1nc(-c2ccc(C(=O)O)cc2)c(F)s1. The molecule has 2 aromatic rings. The molecule has 0 atom stereocenters. The van der Waals surface area contributed by atoms with E-state index in [4.69, 9.17) is 5.11 Å². The van der Waals surface area contributed by atoms with Gasteiger partial charge in [0.25, 0.3) is 0 Å². The highest BCUT2D eigenvalue weighted by Gasteiger charge is 2.17. The van der Waals surface area contributed by atoms with Gasteiger partial charge in [0.05, 0.1) is 5.56 Å². The molecule has 0 radical (unpaired) electrons. The van der Waals surface area contributed by atoms with Crippen molar-refractivity contribution < 1.29 is 14.3 Å². The third-order valence-electron chi connectivity index (χ3n) is 3.38. The van der Waals surface area contributed by atoms with Crippen LogP contribution in [0.15, 0.2) is 24.3 Å². The number of thiazole rings is 1. The first-order valence-corrected chi connectivity index (χ1v) is 8.28. The van der Waals surface area contributed by atoms with Crippen LogP contribution in [0.1, 0.15) is 23.7 Å². The first-order chi connectivity index (χ1) is 11.1. The molecular weight excluding hydrogens is 317 g/mol. The van der Waals surface area contributed by atoms with Crippen LogP contribution in [0, 0.1) is 5.13 Å². The Bertz CT molecular complexity index is 658. The molecule has 0 saturated heterocycles. The Morgan fingerprint density at radius 3 is 2.61 bits per heavy atom. The maximum Gasteiger partial charge on any atom is 0.335 e. The number of anilines is 1. The molecule has 0 aliphatic heterocycles. The van der Waals surface area contributed by atoms with E-state index < -0.39 is 5.97 Å². The van der Waals surface area contributed by atoms with E-state index in [1.165, 1.54) is 12.1 Å². The number of halogens is 1. The first kappa shape index (κ1) is 17.4. The molecule has 2 N–H and O–H groups in total. The average Bonchev–Trinajstić information content (AvgIpc) is 2.93. The van der Waals surface area contributed by atoms with Crippen LogP contribution < -0.4 is 10.2 Å². The molecule has 7 heteroatoms. The molecule has 0 aliphatic carbocycles. The number of nitrogens with one attached hydrogen (secondary N) is 1. The fourth-order valence-corrected chi connectivity index (χ4v) is 3.06. The van der Waals surface area contributed by atoms with Crippen LogP contribution in [0.5, 0.6) is 0 Å². The number of benzene rings is 1. The van der Waals surface area contributed by atoms with Crippen LogP contribution in [0.3, 0.4) is 0 Å². The largest absolute Gasteiger partial charge is 0.478 e. The van der Waals surface area contributed by atoms with Crippen molar-refractivity contribution in [2.75, 3.05) is 31.6 Å². The summed E-state index contributed by atoms with van der Waals surface area (Å²) >= 11 is 1.02. The van der Waals surface area contributed by atoms with E-state index in [-0.39, 0.29) is 16.4 Å². The maximum atomic E-state index is 14.3. The molecule has 2 rings (SSSR count). The van der Waals surface area contributed by atoms with Gasteiger partial charge in [0, 0.05) is 25.2 Å². The summed E-state index contributed by atoms with van der Waals surface area (Å²) in [5.74, 6) is -1.00. The van der Waals surface area contributed by atoms with Gasteiger partial charge in [0.1, 0.15) is 5.69 Å². The molecule has 0 saturated carbocycles. The van der Waals surface area contributed by atoms with Gasteiger partial charge in [0.15, 0.2) is 5.13 Å². The summed E-state index contributed by atoms with van der Waals surface area (Å²) in [6, 6.07) is 6.09.